The molecule has 112 valence electrons. The number of nitrogens with zero attached hydrogens (tertiary/aromatic N) is 4. The second-order valence-electron chi connectivity index (χ2n) is 5.21. The Morgan fingerprint density at radius 2 is 2.09 bits per heavy atom. The van der Waals surface area contributed by atoms with Gasteiger partial charge in [-0.05, 0) is 37.1 Å². The van der Waals surface area contributed by atoms with Crippen LogP contribution in [0.5, 0.6) is 0 Å². The van der Waals surface area contributed by atoms with Crippen molar-refractivity contribution in [1.82, 2.24) is 25.1 Å². The first-order valence-electron chi connectivity index (χ1n) is 6.95. The molecule has 0 atom stereocenters. The minimum absolute atomic E-state index is 0.256. The zero-order valence-electron chi connectivity index (χ0n) is 11.5. The van der Waals surface area contributed by atoms with E-state index in [1.807, 2.05) is 0 Å². The summed E-state index contributed by atoms with van der Waals surface area (Å²) in [6.07, 6.45) is 2.27. The van der Waals surface area contributed by atoms with E-state index >= 15 is 0 Å². The fraction of sp³-hybridized carbons (Fsp3) is 0.286. The number of amides is 1. The first kappa shape index (κ1) is 13.3. The molecule has 1 aromatic carbocycles. The first-order chi connectivity index (χ1) is 10.7. The number of halogens is 1. The molecule has 0 radical (unpaired) electrons. The van der Waals surface area contributed by atoms with E-state index in [1.165, 1.54) is 35.6 Å². The third kappa shape index (κ3) is 2.45. The summed E-state index contributed by atoms with van der Waals surface area (Å²) in [7, 11) is 0. The standard InChI is InChI=1S/C14H12FN5OS/c15-10-5-3-9(4-6-10)13(21)16-7-11-19-20-12(8-1-2-8)17-18-14(20)22-11/h3-6,8H,1-2,7H2,(H,16,21). The Hall–Kier alpha value is -2.35. The number of carbonyl (C=O) groups excluding carboxylic acids is 1. The van der Waals surface area contributed by atoms with Gasteiger partial charge in [-0.3, -0.25) is 4.79 Å². The minimum atomic E-state index is -0.363. The van der Waals surface area contributed by atoms with E-state index in [2.05, 4.69) is 20.6 Å². The zero-order chi connectivity index (χ0) is 15.1. The van der Waals surface area contributed by atoms with Crippen LogP contribution in [0.4, 0.5) is 4.39 Å². The molecule has 8 heteroatoms. The van der Waals surface area contributed by atoms with Gasteiger partial charge in [0.2, 0.25) is 4.96 Å². The predicted octanol–water partition coefficient (Wildman–Crippen LogP) is 2.13. The molecule has 6 nitrogen and oxygen atoms in total. The third-order valence-corrected chi connectivity index (χ3v) is 4.40. The van der Waals surface area contributed by atoms with Crippen molar-refractivity contribution in [3.8, 4) is 0 Å². The summed E-state index contributed by atoms with van der Waals surface area (Å²) in [5.74, 6) is 0.757. The molecule has 1 amide bonds. The summed E-state index contributed by atoms with van der Waals surface area (Å²) in [5.41, 5.74) is 0.420. The quantitative estimate of drug-likeness (QED) is 0.800. The van der Waals surface area contributed by atoms with Gasteiger partial charge in [-0.2, -0.15) is 9.61 Å². The zero-order valence-corrected chi connectivity index (χ0v) is 12.3. The Labute approximate surface area is 129 Å². The van der Waals surface area contributed by atoms with Gasteiger partial charge in [0.05, 0.1) is 6.54 Å². The molecular weight excluding hydrogens is 305 g/mol. The lowest BCUT2D eigenvalue weighted by Crippen LogP contribution is -2.22. The van der Waals surface area contributed by atoms with Crippen molar-refractivity contribution in [1.29, 1.82) is 0 Å². The Morgan fingerprint density at radius 3 is 2.82 bits per heavy atom. The maximum absolute atomic E-state index is 12.8. The van der Waals surface area contributed by atoms with Gasteiger partial charge in [0.25, 0.3) is 5.91 Å². The van der Waals surface area contributed by atoms with Crippen LogP contribution in [0, 0.1) is 5.82 Å². The van der Waals surface area contributed by atoms with E-state index in [9.17, 15) is 9.18 Å². The molecule has 1 aliphatic carbocycles. The molecule has 1 fully saturated rings. The van der Waals surface area contributed by atoms with Crippen LogP contribution in [0.3, 0.4) is 0 Å². The number of hydrogen-bond donors (Lipinski definition) is 1. The lowest BCUT2D eigenvalue weighted by molar-refractivity contribution is 0.0950. The maximum atomic E-state index is 12.8. The highest BCUT2D eigenvalue weighted by Crippen LogP contribution is 2.39. The number of benzene rings is 1. The molecule has 4 rings (SSSR count). The highest BCUT2D eigenvalue weighted by molar-refractivity contribution is 7.16. The van der Waals surface area contributed by atoms with Gasteiger partial charge < -0.3 is 5.32 Å². The highest BCUT2D eigenvalue weighted by atomic mass is 32.1. The molecule has 2 heterocycles. The fourth-order valence-electron chi connectivity index (χ4n) is 2.20. The summed E-state index contributed by atoms with van der Waals surface area (Å²) in [5, 5.41) is 16.2. The molecule has 3 aromatic rings. The van der Waals surface area contributed by atoms with Gasteiger partial charge in [-0.25, -0.2) is 4.39 Å². The monoisotopic (exact) mass is 317 g/mol. The number of aromatic nitrogens is 4. The van der Waals surface area contributed by atoms with Crippen LogP contribution in [0.1, 0.15) is 39.9 Å². The average Bonchev–Trinajstić information content (AvgIpc) is 3.16. The molecule has 0 aliphatic heterocycles. The van der Waals surface area contributed by atoms with Crippen molar-refractivity contribution in [2.24, 2.45) is 0 Å². The van der Waals surface area contributed by atoms with Crippen LogP contribution in [-0.2, 0) is 6.54 Å². The van der Waals surface area contributed by atoms with E-state index < -0.39 is 0 Å². The summed E-state index contributed by atoms with van der Waals surface area (Å²) >= 11 is 1.41. The number of carbonyl (C=O) groups is 1. The number of nitrogens with one attached hydrogen (secondary N) is 1. The van der Waals surface area contributed by atoms with Crippen LogP contribution >= 0.6 is 11.3 Å². The van der Waals surface area contributed by atoms with Crippen molar-refractivity contribution in [3.05, 3.63) is 46.5 Å². The Balaban J connectivity index is 1.47. The van der Waals surface area contributed by atoms with Crippen molar-refractivity contribution < 1.29 is 9.18 Å². The lowest BCUT2D eigenvalue weighted by Gasteiger charge is -2.02. The van der Waals surface area contributed by atoms with E-state index in [0.29, 0.717) is 18.0 Å². The fourth-order valence-corrected chi connectivity index (χ4v) is 2.98. The first-order valence-corrected chi connectivity index (χ1v) is 7.77. The molecule has 0 saturated heterocycles. The van der Waals surface area contributed by atoms with Gasteiger partial charge in [0.15, 0.2) is 5.82 Å². The highest BCUT2D eigenvalue weighted by Gasteiger charge is 2.30. The summed E-state index contributed by atoms with van der Waals surface area (Å²) < 4.78 is 14.6. The maximum Gasteiger partial charge on any atom is 0.251 e. The molecule has 1 saturated carbocycles. The number of hydrogen-bond acceptors (Lipinski definition) is 5. The Morgan fingerprint density at radius 1 is 1.32 bits per heavy atom. The van der Waals surface area contributed by atoms with Gasteiger partial charge in [-0.1, -0.05) is 11.3 Å². The number of rotatable bonds is 4. The second-order valence-corrected chi connectivity index (χ2v) is 6.25. The van der Waals surface area contributed by atoms with Crippen molar-refractivity contribution >= 4 is 22.2 Å². The largest absolute Gasteiger partial charge is 0.345 e. The van der Waals surface area contributed by atoms with Crippen LogP contribution in [-0.4, -0.2) is 25.7 Å². The molecule has 1 N–H and O–H groups in total. The lowest BCUT2D eigenvalue weighted by atomic mass is 10.2. The Bertz CT molecular complexity index is 837. The van der Waals surface area contributed by atoms with Gasteiger partial charge in [-0.15, -0.1) is 10.2 Å². The molecular formula is C14H12FN5OS. The van der Waals surface area contributed by atoms with E-state index in [0.717, 1.165) is 28.6 Å². The average molecular weight is 317 g/mol. The molecule has 2 aromatic heterocycles. The molecule has 22 heavy (non-hydrogen) atoms. The molecule has 1 aliphatic rings. The van der Waals surface area contributed by atoms with Crippen LogP contribution < -0.4 is 5.32 Å². The number of fused-ring (bicyclic) bond motifs is 1. The van der Waals surface area contributed by atoms with Crippen molar-refractivity contribution in [2.75, 3.05) is 0 Å². The third-order valence-electron chi connectivity index (χ3n) is 3.51. The summed E-state index contributed by atoms with van der Waals surface area (Å²) in [6, 6.07) is 5.43. The predicted molar refractivity (Wildman–Crippen MR) is 78.2 cm³/mol. The van der Waals surface area contributed by atoms with Gasteiger partial charge >= 0.3 is 0 Å². The minimum Gasteiger partial charge on any atom is -0.345 e. The van der Waals surface area contributed by atoms with Crippen molar-refractivity contribution in [3.63, 3.8) is 0 Å². The van der Waals surface area contributed by atoms with Crippen molar-refractivity contribution in [2.45, 2.75) is 25.3 Å². The smallest absolute Gasteiger partial charge is 0.251 e. The van der Waals surface area contributed by atoms with Gasteiger partial charge in [0.1, 0.15) is 10.8 Å². The Kier molecular flexibility index (Phi) is 3.11. The normalized spacial score (nSPS) is 14.4. The van der Waals surface area contributed by atoms with E-state index in [-0.39, 0.29) is 11.7 Å². The molecule has 0 spiro atoms. The van der Waals surface area contributed by atoms with Crippen LogP contribution in [0.2, 0.25) is 0 Å². The SMILES string of the molecule is O=C(NCc1nn2c(C3CC3)nnc2s1)c1ccc(F)cc1. The summed E-state index contributed by atoms with van der Waals surface area (Å²) in [4.78, 5) is 12.7. The van der Waals surface area contributed by atoms with E-state index in [1.54, 1.807) is 4.52 Å². The molecule has 0 unspecified atom stereocenters. The summed E-state index contributed by atoms with van der Waals surface area (Å²) in [6.45, 7) is 0.314. The van der Waals surface area contributed by atoms with Gasteiger partial charge in [0, 0.05) is 11.5 Å². The van der Waals surface area contributed by atoms with E-state index in [4.69, 9.17) is 0 Å². The second kappa shape index (κ2) is 5.13. The molecule has 0 bridgehead atoms. The van der Waals surface area contributed by atoms with Crippen LogP contribution in [0.15, 0.2) is 24.3 Å². The van der Waals surface area contributed by atoms with Crippen LogP contribution in [0.25, 0.3) is 4.96 Å². The topological polar surface area (TPSA) is 72.2 Å².